The molecular formula is C20H20ClN3O3S. The Hall–Kier alpha value is -2.51. The van der Waals surface area contributed by atoms with E-state index in [9.17, 15) is 4.79 Å². The number of ether oxygens (including phenoxy) is 2. The minimum absolute atomic E-state index is 0.304. The van der Waals surface area contributed by atoms with E-state index >= 15 is 0 Å². The molecule has 28 heavy (non-hydrogen) atoms. The molecule has 6 nitrogen and oxygen atoms in total. The normalized spacial score (nSPS) is 11.9. The van der Waals surface area contributed by atoms with Crippen LogP contribution >= 0.6 is 23.4 Å². The fourth-order valence-electron chi connectivity index (χ4n) is 2.66. The Morgan fingerprint density at radius 1 is 1.18 bits per heavy atom. The molecule has 0 bridgehead atoms. The van der Waals surface area contributed by atoms with E-state index in [4.69, 9.17) is 21.1 Å². The molecule has 0 saturated heterocycles. The van der Waals surface area contributed by atoms with Crippen molar-refractivity contribution in [3.8, 4) is 22.8 Å². The predicted molar refractivity (Wildman–Crippen MR) is 110 cm³/mol. The lowest BCUT2D eigenvalue weighted by molar-refractivity contribution is -0.142. The lowest BCUT2D eigenvalue weighted by atomic mass is 10.2. The molecule has 3 rings (SSSR count). The molecule has 1 unspecified atom stereocenters. The van der Waals surface area contributed by atoms with Gasteiger partial charge < -0.3 is 9.47 Å². The SMILES string of the molecule is CCOC(=O)C(C)Sc1nnc(-c2ccccc2Cl)n1-c1ccccc1OC. The summed E-state index contributed by atoms with van der Waals surface area (Å²) in [6.07, 6.45) is 0. The zero-order chi connectivity index (χ0) is 20.1. The lowest BCUT2D eigenvalue weighted by Crippen LogP contribution is -2.17. The highest BCUT2D eigenvalue weighted by atomic mass is 35.5. The molecule has 3 aromatic rings. The van der Waals surface area contributed by atoms with Gasteiger partial charge in [0.05, 0.1) is 24.4 Å². The van der Waals surface area contributed by atoms with Crippen LogP contribution in [0.5, 0.6) is 5.75 Å². The predicted octanol–water partition coefficient (Wildman–Crippen LogP) is 4.64. The van der Waals surface area contributed by atoms with E-state index < -0.39 is 5.25 Å². The van der Waals surface area contributed by atoms with Crippen molar-refractivity contribution in [1.82, 2.24) is 14.8 Å². The van der Waals surface area contributed by atoms with E-state index in [0.717, 1.165) is 11.3 Å². The number of benzene rings is 2. The van der Waals surface area contributed by atoms with Crippen LogP contribution in [0, 0.1) is 0 Å². The van der Waals surface area contributed by atoms with Crippen molar-refractivity contribution in [3.05, 3.63) is 53.6 Å². The van der Waals surface area contributed by atoms with Crippen LogP contribution in [0.15, 0.2) is 53.7 Å². The highest BCUT2D eigenvalue weighted by Gasteiger charge is 2.24. The zero-order valence-corrected chi connectivity index (χ0v) is 17.3. The first-order chi connectivity index (χ1) is 13.6. The van der Waals surface area contributed by atoms with E-state index in [-0.39, 0.29) is 5.97 Å². The molecule has 0 saturated carbocycles. The Morgan fingerprint density at radius 3 is 2.61 bits per heavy atom. The van der Waals surface area contributed by atoms with E-state index in [2.05, 4.69) is 10.2 Å². The maximum Gasteiger partial charge on any atom is 0.319 e. The third kappa shape index (κ3) is 4.15. The maximum absolute atomic E-state index is 12.1. The van der Waals surface area contributed by atoms with Crippen LogP contribution in [0.4, 0.5) is 0 Å². The number of hydrogen-bond acceptors (Lipinski definition) is 6. The first-order valence-corrected chi connectivity index (χ1v) is 9.99. The van der Waals surface area contributed by atoms with Crippen LogP contribution in [-0.4, -0.2) is 39.7 Å². The summed E-state index contributed by atoms with van der Waals surface area (Å²) in [6.45, 7) is 3.88. The Labute approximate surface area is 172 Å². The molecule has 0 amide bonds. The first kappa shape index (κ1) is 20.2. The standard InChI is InChI=1S/C20H20ClN3O3S/c1-4-27-19(25)13(2)28-20-23-22-18(14-9-5-6-10-15(14)21)24(20)16-11-7-8-12-17(16)26-3/h5-13H,4H2,1-3H3. The van der Waals surface area contributed by atoms with Crippen LogP contribution in [0.25, 0.3) is 17.1 Å². The minimum atomic E-state index is -0.447. The Bertz CT molecular complexity index is 977. The lowest BCUT2D eigenvalue weighted by Gasteiger charge is -2.15. The number of halogens is 1. The van der Waals surface area contributed by atoms with E-state index in [1.165, 1.54) is 11.8 Å². The van der Waals surface area contributed by atoms with Crippen molar-refractivity contribution < 1.29 is 14.3 Å². The monoisotopic (exact) mass is 417 g/mol. The summed E-state index contributed by atoms with van der Waals surface area (Å²) < 4.78 is 12.5. The van der Waals surface area contributed by atoms with Crippen molar-refractivity contribution in [2.24, 2.45) is 0 Å². The molecule has 0 aliphatic rings. The summed E-state index contributed by atoms with van der Waals surface area (Å²) in [5.41, 5.74) is 1.49. The van der Waals surface area contributed by atoms with Crippen molar-refractivity contribution in [1.29, 1.82) is 0 Å². The molecule has 0 aliphatic heterocycles. The highest BCUT2D eigenvalue weighted by molar-refractivity contribution is 8.00. The van der Waals surface area contributed by atoms with Gasteiger partial charge in [0.2, 0.25) is 0 Å². The van der Waals surface area contributed by atoms with Gasteiger partial charge in [-0.15, -0.1) is 10.2 Å². The number of nitrogens with zero attached hydrogens (tertiary/aromatic N) is 3. The van der Waals surface area contributed by atoms with Gasteiger partial charge in [-0.2, -0.15) is 0 Å². The molecule has 1 heterocycles. The first-order valence-electron chi connectivity index (χ1n) is 8.73. The summed E-state index contributed by atoms with van der Waals surface area (Å²) in [7, 11) is 1.60. The Balaban J connectivity index is 2.14. The molecule has 1 aromatic heterocycles. The van der Waals surface area contributed by atoms with Gasteiger partial charge in [-0.3, -0.25) is 9.36 Å². The van der Waals surface area contributed by atoms with E-state index in [0.29, 0.717) is 28.4 Å². The van der Waals surface area contributed by atoms with Crippen molar-refractivity contribution in [3.63, 3.8) is 0 Å². The van der Waals surface area contributed by atoms with Crippen molar-refractivity contribution in [2.75, 3.05) is 13.7 Å². The van der Waals surface area contributed by atoms with Gasteiger partial charge in [-0.25, -0.2) is 0 Å². The molecule has 0 spiro atoms. The van der Waals surface area contributed by atoms with E-state index in [1.54, 1.807) is 27.0 Å². The summed E-state index contributed by atoms with van der Waals surface area (Å²) in [4.78, 5) is 12.1. The number of para-hydroxylation sites is 2. The summed E-state index contributed by atoms with van der Waals surface area (Å²) >= 11 is 7.68. The zero-order valence-electron chi connectivity index (χ0n) is 15.8. The summed E-state index contributed by atoms with van der Waals surface area (Å²) in [6, 6.07) is 15.0. The molecule has 0 aliphatic carbocycles. The molecule has 0 fully saturated rings. The molecular weight excluding hydrogens is 398 g/mol. The molecule has 0 radical (unpaired) electrons. The van der Waals surface area contributed by atoms with Crippen LogP contribution < -0.4 is 4.74 Å². The summed E-state index contributed by atoms with van der Waals surface area (Å²) in [5, 5.41) is 9.33. The quantitative estimate of drug-likeness (QED) is 0.412. The van der Waals surface area contributed by atoms with E-state index in [1.807, 2.05) is 47.0 Å². The van der Waals surface area contributed by atoms with Gasteiger partial charge in [-0.1, -0.05) is 47.6 Å². The molecule has 2 aromatic carbocycles. The Morgan fingerprint density at radius 2 is 1.89 bits per heavy atom. The maximum atomic E-state index is 12.1. The van der Waals surface area contributed by atoms with Crippen LogP contribution in [0.3, 0.4) is 0 Å². The average Bonchev–Trinajstić information content (AvgIpc) is 3.11. The van der Waals surface area contributed by atoms with Gasteiger partial charge >= 0.3 is 5.97 Å². The number of thioether (sulfide) groups is 1. The van der Waals surface area contributed by atoms with Gasteiger partial charge in [0, 0.05) is 5.56 Å². The van der Waals surface area contributed by atoms with Gasteiger partial charge in [0.25, 0.3) is 0 Å². The largest absolute Gasteiger partial charge is 0.495 e. The molecule has 146 valence electrons. The fraction of sp³-hybridized carbons (Fsp3) is 0.250. The van der Waals surface area contributed by atoms with Gasteiger partial charge in [0.15, 0.2) is 11.0 Å². The van der Waals surface area contributed by atoms with Crippen LogP contribution in [-0.2, 0) is 9.53 Å². The number of rotatable bonds is 7. The number of carbonyl (C=O) groups is 1. The van der Waals surface area contributed by atoms with Crippen LogP contribution in [0.1, 0.15) is 13.8 Å². The second-order valence-corrected chi connectivity index (χ2v) is 7.52. The van der Waals surface area contributed by atoms with Crippen molar-refractivity contribution >= 4 is 29.3 Å². The second-order valence-electron chi connectivity index (χ2n) is 5.81. The average molecular weight is 418 g/mol. The molecule has 8 heteroatoms. The highest BCUT2D eigenvalue weighted by Crippen LogP contribution is 2.36. The topological polar surface area (TPSA) is 66.2 Å². The third-order valence-electron chi connectivity index (χ3n) is 3.97. The fourth-order valence-corrected chi connectivity index (χ4v) is 3.74. The second kappa shape index (κ2) is 9.12. The van der Waals surface area contributed by atoms with Crippen molar-refractivity contribution in [2.45, 2.75) is 24.3 Å². The van der Waals surface area contributed by atoms with Gasteiger partial charge in [-0.05, 0) is 38.1 Å². The smallest absolute Gasteiger partial charge is 0.319 e. The Kier molecular flexibility index (Phi) is 6.59. The number of esters is 1. The minimum Gasteiger partial charge on any atom is -0.495 e. The van der Waals surface area contributed by atoms with Crippen LogP contribution in [0.2, 0.25) is 5.02 Å². The number of hydrogen-bond donors (Lipinski definition) is 0. The summed E-state index contributed by atoms with van der Waals surface area (Å²) in [5.74, 6) is 0.913. The third-order valence-corrected chi connectivity index (χ3v) is 5.33. The number of methoxy groups -OCH3 is 1. The number of aromatic nitrogens is 3. The van der Waals surface area contributed by atoms with Gasteiger partial charge in [0.1, 0.15) is 11.0 Å². The molecule has 1 atom stereocenters. The molecule has 0 N–H and O–H groups in total. The number of carbonyl (C=O) groups excluding carboxylic acids is 1.